The number of rotatable bonds is 4. The van der Waals surface area contributed by atoms with E-state index in [1.165, 1.54) is 43.2 Å². The molecule has 1 heterocycles. The highest BCUT2D eigenvalue weighted by molar-refractivity contribution is 8.87. The third kappa shape index (κ3) is 3.90. The first-order valence-corrected chi connectivity index (χ1v) is 9.76. The topological polar surface area (TPSA) is 52.6 Å². The summed E-state index contributed by atoms with van der Waals surface area (Å²) < 4.78 is 8.72. The first kappa shape index (κ1) is 15.4. The zero-order valence-corrected chi connectivity index (χ0v) is 12.9. The number of esters is 2. The SMILES string of the molecule is CCOC(=O)C1(C(=O)OCC)SSCCSS1. The average Bonchev–Trinajstić information content (AvgIpc) is 2.56. The Hall–Kier alpha value is 0.340. The van der Waals surface area contributed by atoms with Crippen molar-refractivity contribution in [3.63, 3.8) is 0 Å². The number of carbonyl (C=O) groups is 2. The molecule has 0 amide bonds. The van der Waals surface area contributed by atoms with Crippen LogP contribution in [0, 0.1) is 0 Å². The molecule has 0 bridgehead atoms. The summed E-state index contributed by atoms with van der Waals surface area (Å²) in [6, 6.07) is 0. The van der Waals surface area contributed by atoms with Gasteiger partial charge in [0.25, 0.3) is 4.08 Å². The number of hydrogen-bond acceptors (Lipinski definition) is 8. The summed E-state index contributed by atoms with van der Waals surface area (Å²) in [6.07, 6.45) is 0. The van der Waals surface area contributed by atoms with E-state index >= 15 is 0 Å². The molecule has 98 valence electrons. The van der Waals surface area contributed by atoms with E-state index < -0.39 is 16.0 Å². The Kier molecular flexibility index (Phi) is 6.98. The molecule has 0 radical (unpaired) electrons. The molecule has 17 heavy (non-hydrogen) atoms. The molecule has 1 rings (SSSR count). The molecule has 0 N–H and O–H groups in total. The van der Waals surface area contributed by atoms with Crippen molar-refractivity contribution in [1.29, 1.82) is 0 Å². The molecule has 0 saturated carbocycles. The lowest BCUT2D eigenvalue weighted by Gasteiger charge is -2.24. The van der Waals surface area contributed by atoms with E-state index in [0.29, 0.717) is 0 Å². The highest BCUT2D eigenvalue weighted by Gasteiger charge is 2.52. The minimum atomic E-state index is -1.28. The van der Waals surface area contributed by atoms with E-state index in [-0.39, 0.29) is 13.2 Å². The van der Waals surface area contributed by atoms with Gasteiger partial charge in [-0.1, -0.05) is 43.2 Å². The Labute approximate surface area is 116 Å². The van der Waals surface area contributed by atoms with Gasteiger partial charge >= 0.3 is 11.9 Å². The van der Waals surface area contributed by atoms with Gasteiger partial charge in [-0.3, -0.25) is 0 Å². The van der Waals surface area contributed by atoms with Crippen molar-refractivity contribution in [1.82, 2.24) is 0 Å². The molecule has 1 aliphatic heterocycles. The van der Waals surface area contributed by atoms with Crippen molar-refractivity contribution in [3.05, 3.63) is 0 Å². The van der Waals surface area contributed by atoms with Gasteiger partial charge in [-0.05, 0) is 13.8 Å². The van der Waals surface area contributed by atoms with Crippen molar-refractivity contribution >= 4 is 55.1 Å². The van der Waals surface area contributed by atoms with Crippen LogP contribution >= 0.6 is 43.2 Å². The molecule has 0 spiro atoms. The van der Waals surface area contributed by atoms with Crippen LogP contribution in [0.2, 0.25) is 0 Å². The summed E-state index contributed by atoms with van der Waals surface area (Å²) in [6.45, 7) is 3.97. The van der Waals surface area contributed by atoms with E-state index in [9.17, 15) is 9.59 Å². The Morgan fingerprint density at radius 3 is 1.76 bits per heavy atom. The Morgan fingerprint density at radius 2 is 1.41 bits per heavy atom. The van der Waals surface area contributed by atoms with Gasteiger partial charge in [0.1, 0.15) is 0 Å². The third-order valence-corrected chi connectivity index (χ3v) is 8.40. The summed E-state index contributed by atoms with van der Waals surface area (Å²) in [5.41, 5.74) is 0. The first-order chi connectivity index (χ1) is 8.17. The molecule has 1 saturated heterocycles. The Balaban J connectivity index is 2.88. The summed E-state index contributed by atoms with van der Waals surface area (Å²) in [5, 5.41) is 0. The first-order valence-electron chi connectivity index (χ1n) is 5.13. The number of hydrogen-bond donors (Lipinski definition) is 0. The molecular weight excluding hydrogens is 300 g/mol. The number of ether oxygens (including phenoxy) is 2. The van der Waals surface area contributed by atoms with Gasteiger partial charge in [-0.2, -0.15) is 0 Å². The van der Waals surface area contributed by atoms with E-state index in [1.54, 1.807) is 13.8 Å². The van der Waals surface area contributed by atoms with Crippen LogP contribution in [0.15, 0.2) is 0 Å². The molecule has 8 heteroatoms. The molecule has 0 aromatic heterocycles. The zero-order chi connectivity index (χ0) is 12.7. The second-order valence-corrected chi connectivity index (χ2v) is 8.39. The quantitative estimate of drug-likeness (QED) is 0.446. The van der Waals surface area contributed by atoms with Crippen molar-refractivity contribution in [2.75, 3.05) is 24.7 Å². The third-order valence-electron chi connectivity index (χ3n) is 1.69. The van der Waals surface area contributed by atoms with Crippen LogP contribution in [0.3, 0.4) is 0 Å². The Morgan fingerprint density at radius 1 is 1.00 bits per heavy atom. The molecule has 4 nitrogen and oxygen atoms in total. The van der Waals surface area contributed by atoms with Crippen LogP contribution < -0.4 is 0 Å². The summed E-state index contributed by atoms with van der Waals surface area (Å²) in [7, 11) is 5.48. The maximum absolute atomic E-state index is 12.0. The zero-order valence-electron chi connectivity index (χ0n) is 9.59. The molecule has 0 aromatic carbocycles. The van der Waals surface area contributed by atoms with Crippen molar-refractivity contribution in [3.8, 4) is 0 Å². The van der Waals surface area contributed by atoms with Crippen LogP contribution in [0.1, 0.15) is 13.8 Å². The molecule has 0 aliphatic carbocycles. The molecule has 0 unspecified atom stereocenters. The predicted molar refractivity (Wildman–Crippen MR) is 76.1 cm³/mol. The van der Waals surface area contributed by atoms with Gasteiger partial charge in [0.15, 0.2) is 0 Å². The fourth-order valence-electron chi connectivity index (χ4n) is 1.00. The van der Waals surface area contributed by atoms with Gasteiger partial charge in [0.05, 0.1) is 13.2 Å². The van der Waals surface area contributed by atoms with Gasteiger partial charge in [-0.15, -0.1) is 0 Å². The van der Waals surface area contributed by atoms with Gasteiger partial charge in [-0.25, -0.2) is 9.59 Å². The highest BCUT2D eigenvalue weighted by Crippen LogP contribution is 2.53. The van der Waals surface area contributed by atoms with Crippen LogP contribution in [0.25, 0.3) is 0 Å². The van der Waals surface area contributed by atoms with Gasteiger partial charge in [0, 0.05) is 11.5 Å². The predicted octanol–water partition coefficient (Wildman–Crippen LogP) is 2.59. The molecule has 0 aromatic rings. The maximum atomic E-state index is 12.0. The summed E-state index contributed by atoms with van der Waals surface area (Å²) in [5.74, 6) is 0.747. The van der Waals surface area contributed by atoms with Crippen LogP contribution in [-0.4, -0.2) is 40.7 Å². The lowest BCUT2D eigenvalue weighted by molar-refractivity contribution is -0.154. The monoisotopic (exact) mass is 314 g/mol. The second kappa shape index (κ2) is 7.70. The van der Waals surface area contributed by atoms with E-state index in [0.717, 1.165) is 11.5 Å². The molecule has 1 aliphatic rings. The van der Waals surface area contributed by atoms with E-state index in [4.69, 9.17) is 9.47 Å². The average molecular weight is 314 g/mol. The molecule has 1 fully saturated rings. The fourth-order valence-corrected chi connectivity index (χ4v) is 8.07. The standard InChI is InChI=1S/C9H14O4S4/c1-3-12-7(10)9(8(11)13-4-2)16-14-5-6-15-17-9/h3-6H2,1-2H3. The van der Waals surface area contributed by atoms with Crippen LogP contribution in [0.4, 0.5) is 0 Å². The van der Waals surface area contributed by atoms with Gasteiger partial charge < -0.3 is 9.47 Å². The Bertz CT molecular complexity index is 256. The maximum Gasteiger partial charge on any atom is 0.346 e. The normalized spacial score (nSPS) is 19.2. The highest BCUT2D eigenvalue weighted by atomic mass is 33.1. The van der Waals surface area contributed by atoms with Crippen molar-refractivity contribution < 1.29 is 19.1 Å². The second-order valence-electron chi connectivity index (χ2n) is 2.87. The molecule has 0 atom stereocenters. The minimum Gasteiger partial charge on any atom is -0.464 e. The lowest BCUT2D eigenvalue weighted by Crippen LogP contribution is -2.41. The van der Waals surface area contributed by atoms with E-state index in [1.807, 2.05) is 0 Å². The summed E-state index contributed by atoms with van der Waals surface area (Å²) >= 11 is 0. The van der Waals surface area contributed by atoms with Crippen LogP contribution in [0.5, 0.6) is 0 Å². The van der Waals surface area contributed by atoms with Gasteiger partial charge in [0.2, 0.25) is 0 Å². The fraction of sp³-hybridized carbons (Fsp3) is 0.778. The van der Waals surface area contributed by atoms with E-state index in [2.05, 4.69) is 0 Å². The minimum absolute atomic E-state index is 0.260. The van der Waals surface area contributed by atoms with Crippen molar-refractivity contribution in [2.24, 2.45) is 0 Å². The largest absolute Gasteiger partial charge is 0.464 e. The lowest BCUT2D eigenvalue weighted by atomic mass is 10.4. The number of carbonyl (C=O) groups excluding carboxylic acids is 2. The summed E-state index contributed by atoms with van der Waals surface area (Å²) in [4.78, 5) is 24.0. The van der Waals surface area contributed by atoms with Crippen LogP contribution in [-0.2, 0) is 19.1 Å². The molecular formula is C9H14O4S4. The smallest absolute Gasteiger partial charge is 0.346 e. The van der Waals surface area contributed by atoms with Crippen molar-refractivity contribution in [2.45, 2.75) is 17.9 Å².